The van der Waals surface area contributed by atoms with Crippen molar-refractivity contribution < 1.29 is 450 Å². The normalized spacial score (nSPS) is 27.8. The molecule has 0 aliphatic heterocycles. The molecule has 0 aromatic rings. The molecule has 0 radical (unpaired) electrons. The molecule has 0 spiro atoms. The SMILES string of the molecule is [Cl][Ir-9]([Cl])([Cl])([Cl])([Cl])([Cl])([Br])([Br])([Br])([Br])([Br])[Br].[K+].[K+].[K+].[K+].[K+].[K+].[K+].[K+].[K+]. The molecule has 0 saturated carbocycles. The predicted octanol–water partition coefficient (Wildman–Crippen LogP) is -17.8. The van der Waals surface area contributed by atoms with Gasteiger partial charge in [-0.3, -0.25) is 0 Å². The molecule has 0 saturated heterocycles. The maximum atomic E-state index is 6.00. The standard InChI is InChI=1S/6BrH.6ClH.Ir.9K/h12*1H;;;;;;;;;;/q;;;;;;;;;;;;+3;9*+1/p-12. The summed E-state index contributed by atoms with van der Waals surface area (Å²) in [5, 5.41) is 0. The van der Waals surface area contributed by atoms with E-state index in [9.17, 15) is 0 Å². The van der Waals surface area contributed by atoms with Crippen LogP contribution in [-0.4, -0.2) is 0 Å². The van der Waals surface area contributed by atoms with Crippen molar-refractivity contribution in [3.8, 4) is 0 Å². The monoisotopic (exact) mass is 1230 g/mol. The number of hydrogen-bond donors (Lipinski definition) is 0. The first kappa shape index (κ1) is 68.9. The fourth-order valence-corrected chi connectivity index (χ4v) is 0. The fraction of sp³-hybridized carbons (Fsp3) is 0. The van der Waals surface area contributed by atoms with Crippen molar-refractivity contribution in [1.82, 2.24) is 0 Å². The number of rotatable bonds is 0. The second kappa shape index (κ2) is 8.87. The van der Waals surface area contributed by atoms with Gasteiger partial charge >= 0.3 is 589 Å². The Labute approximate surface area is 563 Å². The van der Waals surface area contributed by atoms with Crippen molar-refractivity contribution in [1.29, 1.82) is 0 Å². The van der Waals surface area contributed by atoms with Crippen molar-refractivity contribution in [2.45, 2.75) is 0 Å². The largest absolute Gasteiger partial charge is 1.00 e. The van der Waals surface area contributed by atoms with Gasteiger partial charge in [0.25, 0.3) is 0 Å². The van der Waals surface area contributed by atoms with Gasteiger partial charge in [-0.1, -0.05) is 0 Å². The van der Waals surface area contributed by atoms with Gasteiger partial charge in [-0.15, -0.1) is 0 Å². The Morgan fingerprint density at radius 2 is 0.318 bits per heavy atom. The van der Waals surface area contributed by atoms with Gasteiger partial charge in [-0.05, 0) is 0 Å². The summed E-state index contributed by atoms with van der Waals surface area (Å²) in [6, 6.07) is 0. The third-order valence-electron chi connectivity index (χ3n) is 0. The van der Waals surface area contributed by atoms with Crippen LogP contribution in [-0.2, 0) is -12.4 Å². The number of halogens is 12. The van der Waals surface area contributed by atoms with E-state index in [0.717, 1.165) is 0 Å². The van der Waals surface area contributed by atoms with Gasteiger partial charge in [0, 0.05) is 0 Å². The van der Waals surface area contributed by atoms with Crippen LogP contribution in [0.3, 0.4) is 0 Å². The van der Waals surface area contributed by atoms with E-state index in [-0.39, 0.29) is 462 Å². The minimum absolute atomic E-state index is 0. The maximum Gasteiger partial charge on any atom is 1.00 e. The quantitative estimate of drug-likeness (QED) is 0.212. The predicted molar refractivity (Wildman–Crippen MR) is 88.7 cm³/mol. The molecule has 0 aliphatic rings. The molecule has 0 heterocycles. The molecule has 0 unspecified atom stereocenters. The van der Waals surface area contributed by atoms with Crippen LogP contribution in [0.1, 0.15) is 0 Å². The van der Waals surface area contributed by atoms with Crippen molar-refractivity contribution in [3.05, 3.63) is 0 Å². The summed E-state index contributed by atoms with van der Waals surface area (Å²) < 4.78 is -9.62. The molecule has 0 bridgehead atoms. The summed E-state index contributed by atoms with van der Waals surface area (Å²) in [7, 11) is 36.0. The van der Waals surface area contributed by atoms with Crippen LogP contribution < -0.4 is 462 Å². The average molecular weight is 1240 g/mol. The minimum atomic E-state index is -9.62. The Kier molecular flexibility index (Phi) is 27.8. The van der Waals surface area contributed by atoms with Crippen LogP contribution in [0.4, 0.5) is 0 Å². The van der Waals surface area contributed by atoms with Crippen molar-refractivity contribution >= 4 is 138 Å². The molecule has 0 rings (SSSR count). The van der Waals surface area contributed by atoms with Crippen molar-refractivity contribution in [3.63, 3.8) is 0 Å². The molecule has 0 N–H and O–H groups in total. The molecule has 22 heteroatoms. The summed E-state index contributed by atoms with van der Waals surface area (Å²) in [5.41, 5.74) is 0. The van der Waals surface area contributed by atoms with Gasteiger partial charge in [0.05, 0.1) is 0 Å². The van der Waals surface area contributed by atoms with E-state index < -0.39 is -12.4 Å². The van der Waals surface area contributed by atoms with E-state index in [0.29, 0.717) is 0 Å². The Bertz CT molecular complexity index is 437. The van der Waals surface area contributed by atoms with E-state index >= 15 is 0 Å². The summed E-state index contributed by atoms with van der Waals surface area (Å²) in [6.07, 6.45) is 0. The summed E-state index contributed by atoms with van der Waals surface area (Å²) in [5.74, 6) is 0. The van der Waals surface area contributed by atoms with Crippen LogP contribution >= 0.6 is 138 Å². The van der Waals surface area contributed by atoms with E-state index in [1.54, 1.807) is 0 Å². The third-order valence-corrected chi connectivity index (χ3v) is 0. The van der Waals surface area contributed by atoms with E-state index in [2.05, 4.69) is 81.0 Å². The van der Waals surface area contributed by atoms with Crippen LogP contribution in [0, 0.1) is 0 Å². The maximum absolute atomic E-state index is 9.62. The molecule has 102 valence electrons. The topological polar surface area (TPSA) is 0 Å². The van der Waals surface area contributed by atoms with Crippen LogP contribution in [0.5, 0.6) is 0 Å². The zero-order chi connectivity index (χ0) is 12.3. The fourth-order valence-electron chi connectivity index (χ4n) is 0. The second-order valence-corrected chi connectivity index (χ2v) is 429. The molecule has 22 heavy (non-hydrogen) atoms. The van der Waals surface area contributed by atoms with Gasteiger partial charge in [0.2, 0.25) is 0 Å². The first-order valence-corrected chi connectivity index (χ1v) is 50.7. The van der Waals surface area contributed by atoms with Crippen molar-refractivity contribution in [2.24, 2.45) is 0 Å². The first-order valence-electron chi connectivity index (χ1n) is 1.51. The van der Waals surface area contributed by atoms with Crippen LogP contribution in [0.2, 0.25) is 0 Å². The average Bonchev–Trinajstić information content (AvgIpc) is 0.391. The van der Waals surface area contributed by atoms with Gasteiger partial charge in [-0.25, -0.2) is 0 Å². The van der Waals surface area contributed by atoms with E-state index in [4.69, 9.17) is 57.5 Å². The summed E-state index contributed by atoms with van der Waals surface area (Å²) >= 11 is 14.9. The zero-order valence-corrected chi connectivity index (χ0v) is 58.4. The Morgan fingerprint density at radius 1 is 0.318 bits per heavy atom. The van der Waals surface area contributed by atoms with Crippen molar-refractivity contribution in [2.75, 3.05) is 0 Å². The second-order valence-electron chi connectivity index (χ2n) is 3.14. The molecule has 0 aromatic heterocycles. The molecule has 0 aromatic carbocycles. The van der Waals surface area contributed by atoms with Gasteiger partial charge < -0.3 is 0 Å². The Morgan fingerprint density at radius 3 is 0.318 bits per heavy atom. The zero-order valence-electron chi connectivity index (χ0n) is 13.9. The first-order chi connectivity index (χ1) is 3.46. The molecule has 0 aliphatic carbocycles. The summed E-state index contributed by atoms with van der Waals surface area (Å²) in [6.45, 7) is 0. The van der Waals surface area contributed by atoms with E-state index in [1.165, 1.54) is 0 Å². The van der Waals surface area contributed by atoms with Crippen LogP contribution in [0.15, 0.2) is 0 Å². The van der Waals surface area contributed by atoms with Gasteiger partial charge in [0.1, 0.15) is 0 Å². The smallest absolute Gasteiger partial charge is 1.00 e. The van der Waals surface area contributed by atoms with Gasteiger partial charge in [-0.2, -0.15) is 0 Å². The third kappa shape index (κ3) is 152. The molecular weight excluding hydrogens is 1240 g/mol. The van der Waals surface area contributed by atoms with Gasteiger partial charge in [0.15, 0.2) is 0 Å². The molecule has 0 nitrogen and oxygen atoms in total. The number of hydrogen-bond acceptors (Lipinski definition) is 0. The Hall–Kier alpha value is 20.0. The molecule has 0 fully saturated rings. The van der Waals surface area contributed by atoms with E-state index in [1.807, 2.05) is 0 Å². The molecular formula is Br6Cl6IrK9. The molecule has 0 atom stereocenters. The minimum Gasteiger partial charge on any atom is 1.00 e. The Balaban J connectivity index is -0.0000000200. The summed E-state index contributed by atoms with van der Waals surface area (Å²) in [4.78, 5) is 0. The molecule has 0 amide bonds. The van der Waals surface area contributed by atoms with Crippen LogP contribution in [0.25, 0.3) is 0 Å².